The van der Waals surface area contributed by atoms with Gasteiger partial charge in [-0.1, -0.05) is 337 Å². The SMILES string of the molecule is CC(C)CCCCCSC(CCCCCC(C)C)(CCCCCC(C)C)C(=O)[O-].CC(C)CCCCCSC(CCCCCC(C)C)(CCCCCC(C)C)C(=O)[O-].CC(C)CCCCCSC(CCCCCC(C)C)(CCCCCC(C)C)C(=O)[O-].CCC[CH2][Sn+3]. The van der Waals surface area contributed by atoms with E-state index in [0.29, 0.717) is 0 Å². The number of carboxylic acid groups (broad SMARTS) is 3. The van der Waals surface area contributed by atoms with E-state index in [4.69, 9.17) is 0 Å². The summed E-state index contributed by atoms with van der Waals surface area (Å²) in [6.45, 7) is 43.0. The molecule has 0 unspecified atom stereocenters. The van der Waals surface area contributed by atoms with E-state index in [2.05, 4.69) is 132 Å². The Balaban J connectivity index is -0.000000607. The molecule has 548 valence electrons. The summed E-state index contributed by atoms with van der Waals surface area (Å²) in [5.41, 5.74) is 0. The standard InChI is InChI=1S/3C26H52O2S.C4H9.Sn/c3*1-22(2)16-10-7-13-19-26(25(27)28,20-14-8-11-17-23(3)4)29-21-15-9-12-18-24(5)6;1-3-4-2;/h3*22-24H,7-21H2,1-6H3,(H,27,28);1,3-4H2,2H3;/q;;;;+3/p-3. The molecule has 6 nitrogen and oxygen atoms in total. The van der Waals surface area contributed by atoms with E-state index in [-0.39, 0.29) is 0 Å². The molecule has 0 aliphatic heterocycles. The first-order valence-electron chi connectivity index (χ1n) is 39.7. The van der Waals surface area contributed by atoms with E-state index in [1.165, 1.54) is 152 Å². The van der Waals surface area contributed by atoms with Crippen LogP contribution in [-0.4, -0.2) is 71.9 Å². The van der Waals surface area contributed by atoms with Crippen LogP contribution in [-0.2, 0) is 14.4 Å². The number of rotatable bonds is 62. The number of carbonyl (C=O) groups is 3. The molecule has 0 N–H and O–H groups in total. The van der Waals surface area contributed by atoms with Crippen molar-refractivity contribution in [1.29, 1.82) is 0 Å². The molecule has 0 bridgehead atoms. The van der Waals surface area contributed by atoms with E-state index >= 15 is 0 Å². The number of hydrogen-bond donors (Lipinski definition) is 0. The van der Waals surface area contributed by atoms with Crippen LogP contribution in [0.25, 0.3) is 0 Å². The molecule has 0 rings (SSSR count). The van der Waals surface area contributed by atoms with Gasteiger partial charge in [0, 0.05) is 0 Å². The van der Waals surface area contributed by atoms with Crippen LogP contribution in [0.3, 0.4) is 0 Å². The van der Waals surface area contributed by atoms with Gasteiger partial charge >= 0.3 is 46.7 Å². The Morgan fingerprint density at radius 2 is 0.413 bits per heavy atom. The minimum absolute atomic E-state index is 0.659. The van der Waals surface area contributed by atoms with Gasteiger partial charge in [0.05, 0.1) is 32.1 Å². The van der Waals surface area contributed by atoms with Crippen molar-refractivity contribution in [3.8, 4) is 0 Å². The summed E-state index contributed by atoms with van der Waals surface area (Å²) < 4.78 is -0.543. The number of carbonyl (C=O) groups excluding carboxylic acids is 3. The Labute approximate surface area is 604 Å². The second-order valence-electron chi connectivity index (χ2n) is 32.2. The summed E-state index contributed by atoms with van der Waals surface area (Å²) in [5, 5.41) is 36.7. The van der Waals surface area contributed by atoms with E-state index in [1.807, 2.05) is 0 Å². The quantitative estimate of drug-likeness (QED) is 0.0433. The summed E-state index contributed by atoms with van der Waals surface area (Å²) in [5.74, 6) is 7.19. The van der Waals surface area contributed by atoms with Gasteiger partial charge < -0.3 is 29.7 Å². The van der Waals surface area contributed by atoms with Gasteiger partial charge in [0.1, 0.15) is 0 Å². The average molecular weight is 1460 g/mol. The van der Waals surface area contributed by atoms with Gasteiger partial charge in [0.15, 0.2) is 0 Å². The van der Waals surface area contributed by atoms with Crippen molar-refractivity contribution in [2.24, 2.45) is 53.3 Å². The molecular weight excluding hydrogens is 1300 g/mol. The maximum atomic E-state index is 12.2. The Morgan fingerprint density at radius 3 is 0.522 bits per heavy atom. The van der Waals surface area contributed by atoms with Crippen molar-refractivity contribution in [2.75, 3.05) is 17.3 Å². The minimum atomic E-state index is -0.808. The molecule has 92 heavy (non-hydrogen) atoms. The molecule has 10 heteroatoms. The van der Waals surface area contributed by atoms with Gasteiger partial charge in [-0.05, 0) is 128 Å². The second-order valence-corrected chi connectivity index (χ2v) is 38.0. The fourth-order valence-corrected chi connectivity index (χ4v) is 17.2. The van der Waals surface area contributed by atoms with Crippen LogP contribution >= 0.6 is 35.3 Å². The molecule has 0 aliphatic rings. The van der Waals surface area contributed by atoms with Crippen LogP contribution in [0, 0.1) is 53.3 Å². The number of thioether (sulfide) groups is 3. The number of carboxylic acids is 3. The topological polar surface area (TPSA) is 120 Å². The van der Waals surface area contributed by atoms with Crippen molar-refractivity contribution in [2.45, 2.75) is 433 Å². The monoisotopic (exact) mass is 1460 g/mol. The predicted octanol–water partition coefficient (Wildman–Crippen LogP) is 24.3. The first kappa shape index (κ1) is 98.6. The fraction of sp³-hybridized carbons (Fsp3) is 0.963. The zero-order valence-electron chi connectivity index (χ0n) is 65.3. The third-order valence-corrected chi connectivity index (χ3v) is 24.1. The molecule has 0 amide bonds. The molecule has 0 heterocycles. The summed E-state index contributed by atoms with van der Waals surface area (Å²) in [6.07, 6.45) is 50.0. The Kier molecular flexibility index (Phi) is 71.9. The van der Waals surface area contributed by atoms with Gasteiger partial charge in [0.2, 0.25) is 0 Å². The first-order chi connectivity index (χ1) is 43.5. The summed E-state index contributed by atoms with van der Waals surface area (Å²) >= 11 is 6.79. The molecular formula is C82H162O6S3Sn. The van der Waals surface area contributed by atoms with Crippen LogP contribution in [0.2, 0.25) is 4.44 Å². The summed E-state index contributed by atoms with van der Waals surface area (Å²) in [6, 6.07) is 0. The molecule has 0 atom stereocenters. The third kappa shape index (κ3) is 66.2. The van der Waals surface area contributed by atoms with Crippen molar-refractivity contribution in [3.63, 3.8) is 0 Å². The predicted molar refractivity (Wildman–Crippen MR) is 414 cm³/mol. The molecule has 0 aromatic heterocycles. The van der Waals surface area contributed by atoms with Gasteiger partial charge in [0.25, 0.3) is 0 Å². The van der Waals surface area contributed by atoms with Crippen LogP contribution in [0.5, 0.6) is 0 Å². The zero-order valence-corrected chi connectivity index (χ0v) is 70.6. The fourth-order valence-electron chi connectivity index (χ4n) is 11.9. The van der Waals surface area contributed by atoms with Crippen molar-refractivity contribution < 1.29 is 29.7 Å². The van der Waals surface area contributed by atoms with Crippen LogP contribution in [0.4, 0.5) is 0 Å². The van der Waals surface area contributed by atoms with E-state index < -0.39 is 32.1 Å². The number of unbranched alkanes of at least 4 members (excludes halogenated alkanes) is 19. The van der Waals surface area contributed by atoms with Gasteiger partial charge in [-0.2, -0.15) is 0 Å². The van der Waals surface area contributed by atoms with Crippen LogP contribution in [0.1, 0.15) is 414 Å². The van der Waals surface area contributed by atoms with E-state index in [1.54, 1.807) is 57.8 Å². The average Bonchev–Trinajstić information content (AvgIpc) is 0.957. The molecule has 0 spiro atoms. The Bertz CT molecular complexity index is 1350. The Morgan fingerprint density at radius 1 is 0.261 bits per heavy atom. The van der Waals surface area contributed by atoms with E-state index in [9.17, 15) is 29.7 Å². The number of aliphatic carboxylic acids is 3. The summed E-state index contributed by atoms with van der Waals surface area (Å²) in [7, 11) is 0. The Hall–Kier alpha value is 0.259. The molecule has 0 aromatic carbocycles. The van der Waals surface area contributed by atoms with E-state index in [0.717, 1.165) is 205 Å². The molecule has 0 aliphatic carbocycles. The van der Waals surface area contributed by atoms with Crippen LogP contribution < -0.4 is 15.3 Å². The molecule has 0 aromatic rings. The molecule has 0 saturated carbocycles. The summed E-state index contributed by atoms with van der Waals surface area (Å²) in [4.78, 5) is 36.7. The zero-order chi connectivity index (χ0) is 70.5. The number of hydrogen-bond acceptors (Lipinski definition) is 9. The molecule has 0 saturated heterocycles. The molecule has 0 fully saturated rings. The van der Waals surface area contributed by atoms with Gasteiger partial charge in [-0.15, -0.1) is 35.3 Å². The van der Waals surface area contributed by atoms with Crippen molar-refractivity contribution in [1.82, 2.24) is 0 Å². The third-order valence-electron chi connectivity index (χ3n) is 18.2. The maximum absolute atomic E-state index is 12.2. The first-order valence-corrected chi connectivity index (χ1v) is 44.7. The second kappa shape index (κ2) is 67.1. The van der Waals surface area contributed by atoms with Gasteiger partial charge in [-0.3, -0.25) is 0 Å². The van der Waals surface area contributed by atoms with Crippen LogP contribution in [0.15, 0.2) is 0 Å². The molecule has 0 radical (unpaired) electrons. The normalized spacial score (nSPS) is 12.2. The van der Waals surface area contributed by atoms with Crippen molar-refractivity contribution in [3.05, 3.63) is 0 Å². The van der Waals surface area contributed by atoms with Crippen molar-refractivity contribution >= 4 is 75.7 Å². The van der Waals surface area contributed by atoms with Gasteiger partial charge in [-0.25, -0.2) is 0 Å².